The van der Waals surface area contributed by atoms with Gasteiger partial charge in [0, 0.05) is 31.0 Å². The second-order valence-electron chi connectivity index (χ2n) is 7.79. The zero-order chi connectivity index (χ0) is 20.1. The highest BCUT2D eigenvalue weighted by molar-refractivity contribution is 5.51. The molecule has 0 N–H and O–H groups in total. The Kier molecular flexibility index (Phi) is 6.33. The molecule has 0 radical (unpaired) electrons. The van der Waals surface area contributed by atoms with Crippen molar-refractivity contribution >= 4 is 11.4 Å². The van der Waals surface area contributed by atoms with Crippen molar-refractivity contribution in [2.75, 3.05) is 49.3 Å². The van der Waals surface area contributed by atoms with Crippen LogP contribution < -0.4 is 9.80 Å². The van der Waals surface area contributed by atoms with E-state index >= 15 is 0 Å². The van der Waals surface area contributed by atoms with E-state index < -0.39 is 0 Å². The fraction of sp³-hybridized carbons (Fsp3) is 0.360. The zero-order valence-electron chi connectivity index (χ0n) is 17.0. The van der Waals surface area contributed by atoms with Crippen molar-refractivity contribution in [1.29, 1.82) is 0 Å². The second kappa shape index (κ2) is 9.29. The first-order chi connectivity index (χ1) is 14.3. The van der Waals surface area contributed by atoms with Crippen LogP contribution in [0.4, 0.5) is 11.4 Å². The fourth-order valence-electron chi connectivity index (χ4n) is 3.73. The van der Waals surface area contributed by atoms with E-state index in [-0.39, 0.29) is 0 Å². The largest absolute Gasteiger partial charge is 0.377 e. The molecule has 2 aromatic carbocycles. The summed E-state index contributed by atoms with van der Waals surface area (Å²) in [6.45, 7) is 12.9. The van der Waals surface area contributed by atoms with Crippen LogP contribution in [0.15, 0.2) is 73.8 Å². The van der Waals surface area contributed by atoms with Gasteiger partial charge in [0.2, 0.25) is 0 Å². The van der Waals surface area contributed by atoms with Crippen LogP contribution in [0.1, 0.15) is 11.1 Å². The molecule has 4 heteroatoms. The molecule has 0 bridgehead atoms. The topological polar surface area (TPSA) is 28.2 Å². The van der Waals surface area contributed by atoms with Gasteiger partial charge in [-0.15, -0.1) is 13.2 Å². The first-order valence-corrected chi connectivity index (χ1v) is 10.4. The van der Waals surface area contributed by atoms with Crippen molar-refractivity contribution < 1.29 is 9.47 Å². The van der Waals surface area contributed by atoms with Crippen LogP contribution in [-0.4, -0.2) is 51.6 Å². The molecule has 2 heterocycles. The number of epoxide rings is 1. The minimum absolute atomic E-state index is 0.375. The minimum atomic E-state index is 0.375. The van der Waals surface area contributed by atoms with Gasteiger partial charge >= 0.3 is 0 Å². The molecule has 0 saturated carbocycles. The summed E-state index contributed by atoms with van der Waals surface area (Å²) in [6, 6.07) is 18.2. The molecular weight excluding hydrogens is 360 g/mol. The Morgan fingerprint density at radius 3 is 1.90 bits per heavy atom. The fourth-order valence-corrected chi connectivity index (χ4v) is 3.73. The molecule has 2 aliphatic heterocycles. The molecular formula is C25H30N2O2. The Morgan fingerprint density at radius 2 is 1.41 bits per heavy atom. The quantitative estimate of drug-likeness (QED) is 0.427. The zero-order valence-corrected chi connectivity index (χ0v) is 17.0. The molecule has 2 saturated heterocycles. The third-order valence-electron chi connectivity index (χ3n) is 5.54. The van der Waals surface area contributed by atoms with Crippen LogP contribution >= 0.6 is 0 Å². The van der Waals surface area contributed by atoms with Crippen molar-refractivity contribution in [3.8, 4) is 0 Å². The van der Waals surface area contributed by atoms with E-state index in [9.17, 15) is 0 Å². The van der Waals surface area contributed by atoms with Gasteiger partial charge in [-0.1, -0.05) is 36.4 Å². The van der Waals surface area contributed by atoms with Gasteiger partial charge in [0.15, 0.2) is 0 Å². The number of anilines is 2. The van der Waals surface area contributed by atoms with E-state index in [0.29, 0.717) is 12.1 Å². The van der Waals surface area contributed by atoms with Crippen LogP contribution in [0.2, 0.25) is 0 Å². The summed E-state index contributed by atoms with van der Waals surface area (Å²) < 4.78 is 10.7. The van der Waals surface area contributed by atoms with Gasteiger partial charge in [0.1, 0.15) is 0 Å². The van der Waals surface area contributed by atoms with Crippen LogP contribution in [-0.2, 0) is 15.9 Å². The lowest BCUT2D eigenvalue weighted by Gasteiger charge is -2.38. The van der Waals surface area contributed by atoms with Gasteiger partial charge < -0.3 is 19.3 Å². The third-order valence-corrected chi connectivity index (χ3v) is 5.54. The second-order valence-corrected chi connectivity index (χ2v) is 7.79. The number of hydrogen-bond donors (Lipinski definition) is 0. The van der Waals surface area contributed by atoms with Crippen LogP contribution in [0.5, 0.6) is 0 Å². The third kappa shape index (κ3) is 5.08. The molecule has 2 aromatic rings. The summed E-state index contributed by atoms with van der Waals surface area (Å²) in [6.07, 6.45) is 5.21. The first-order valence-electron chi connectivity index (χ1n) is 10.4. The van der Waals surface area contributed by atoms with Gasteiger partial charge in [-0.3, -0.25) is 0 Å². The SMILES string of the molecule is C=CCN(CC1CO1)c1ccc(Cc2ccc(N(CC=C)C3COC3)cc2)cc1. The molecule has 4 nitrogen and oxygen atoms in total. The lowest BCUT2D eigenvalue weighted by molar-refractivity contribution is 0.00897. The summed E-state index contributed by atoms with van der Waals surface area (Å²) in [4.78, 5) is 4.69. The maximum atomic E-state index is 5.38. The van der Waals surface area contributed by atoms with E-state index in [2.05, 4.69) is 71.5 Å². The van der Waals surface area contributed by atoms with E-state index in [1.165, 1.54) is 22.5 Å². The van der Waals surface area contributed by atoms with E-state index in [1.807, 2.05) is 12.2 Å². The maximum absolute atomic E-state index is 5.38. The number of nitrogens with zero attached hydrogens (tertiary/aromatic N) is 2. The molecule has 2 fully saturated rings. The van der Waals surface area contributed by atoms with Crippen LogP contribution in [0.3, 0.4) is 0 Å². The summed E-state index contributed by atoms with van der Waals surface area (Å²) in [5.41, 5.74) is 5.10. The number of benzene rings is 2. The predicted molar refractivity (Wildman–Crippen MR) is 120 cm³/mol. The average molecular weight is 391 g/mol. The molecule has 0 aromatic heterocycles. The highest BCUT2D eigenvalue weighted by atomic mass is 16.6. The van der Waals surface area contributed by atoms with Crippen molar-refractivity contribution in [3.63, 3.8) is 0 Å². The lowest BCUT2D eigenvalue weighted by Crippen LogP contribution is -2.49. The normalized spacial score (nSPS) is 18.0. The highest BCUT2D eigenvalue weighted by Crippen LogP contribution is 2.24. The van der Waals surface area contributed by atoms with Gasteiger partial charge in [0.25, 0.3) is 0 Å². The molecule has 4 rings (SSSR count). The van der Waals surface area contributed by atoms with E-state index in [1.54, 1.807) is 0 Å². The Bertz CT molecular complexity index is 808. The monoisotopic (exact) mass is 390 g/mol. The Morgan fingerprint density at radius 1 is 0.828 bits per heavy atom. The van der Waals surface area contributed by atoms with E-state index in [0.717, 1.165) is 45.9 Å². The molecule has 0 aliphatic carbocycles. The Balaban J connectivity index is 1.39. The van der Waals surface area contributed by atoms with Crippen molar-refractivity contribution in [3.05, 3.63) is 85.0 Å². The smallest absolute Gasteiger partial charge is 0.0984 e. The van der Waals surface area contributed by atoms with Crippen molar-refractivity contribution in [1.82, 2.24) is 0 Å². The standard InChI is InChI=1S/C25H30N2O2/c1-3-13-26(16-25-19-29-25)22-9-5-20(6-10-22)15-21-7-11-23(12-8-21)27(14-4-2)24-17-28-18-24/h3-12,24-25H,1-2,13-19H2. The Hall–Kier alpha value is -2.56. The summed E-state index contributed by atoms with van der Waals surface area (Å²) >= 11 is 0. The van der Waals surface area contributed by atoms with Crippen LogP contribution in [0, 0.1) is 0 Å². The Labute approximate surface area is 174 Å². The summed E-state index contributed by atoms with van der Waals surface area (Å²) in [7, 11) is 0. The molecule has 29 heavy (non-hydrogen) atoms. The molecule has 0 spiro atoms. The molecule has 152 valence electrons. The van der Waals surface area contributed by atoms with Gasteiger partial charge in [0.05, 0.1) is 32.0 Å². The van der Waals surface area contributed by atoms with Crippen molar-refractivity contribution in [2.45, 2.75) is 18.6 Å². The molecule has 1 atom stereocenters. The van der Waals surface area contributed by atoms with Crippen LogP contribution in [0.25, 0.3) is 0 Å². The number of hydrogen-bond acceptors (Lipinski definition) is 4. The van der Waals surface area contributed by atoms with Gasteiger partial charge in [-0.2, -0.15) is 0 Å². The number of ether oxygens (including phenoxy) is 2. The minimum Gasteiger partial charge on any atom is -0.377 e. The lowest BCUT2D eigenvalue weighted by atomic mass is 10.0. The van der Waals surface area contributed by atoms with E-state index in [4.69, 9.17) is 9.47 Å². The van der Waals surface area contributed by atoms with Gasteiger partial charge in [-0.05, 0) is 41.8 Å². The first kappa shape index (κ1) is 19.7. The average Bonchev–Trinajstić information content (AvgIpc) is 3.51. The van der Waals surface area contributed by atoms with Gasteiger partial charge in [-0.25, -0.2) is 0 Å². The molecule has 2 aliphatic rings. The molecule has 0 amide bonds. The molecule has 1 unspecified atom stereocenters. The summed E-state index contributed by atoms with van der Waals surface area (Å²) in [5.74, 6) is 0. The number of rotatable bonds is 11. The predicted octanol–water partition coefficient (Wildman–Crippen LogP) is 4.06. The van der Waals surface area contributed by atoms with Crippen molar-refractivity contribution in [2.24, 2.45) is 0 Å². The maximum Gasteiger partial charge on any atom is 0.0984 e. The highest BCUT2D eigenvalue weighted by Gasteiger charge is 2.26. The summed E-state index contributed by atoms with van der Waals surface area (Å²) in [5, 5.41) is 0.